The van der Waals surface area contributed by atoms with Crippen LogP contribution in [0.1, 0.15) is 36.9 Å². The van der Waals surface area contributed by atoms with Crippen molar-refractivity contribution in [1.82, 2.24) is 15.5 Å². The molecule has 0 aromatic heterocycles. The molecule has 1 atom stereocenters. The number of carbonyl (C=O) groups is 1. The quantitative estimate of drug-likeness (QED) is 0.755. The monoisotopic (exact) mass is 401 g/mol. The fourth-order valence-electron chi connectivity index (χ4n) is 3.61. The first-order valence-electron chi connectivity index (χ1n) is 9.72. The summed E-state index contributed by atoms with van der Waals surface area (Å²) in [5.74, 6) is 0.783. The summed E-state index contributed by atoms with van der Waals surface area (Å²) in [4.78, 5) is 14.8. The van der Waals surface area contributed by atoms with Gasteiger partial charge in [-0.25, -0.2) is 4.79 Å². The summed E-state index contributed by atoms with van der Waals surface area (Å²) in [6.45, 7) is 4.82. The molecule has 0 unspecified atom stereocenters. The second-order valence-electron chi connectivity index (χ2n) is 7.26. The number of methoxy groups -OCH3 is 1. The predicted octanol–water partition coefficient (Wildman–Crippen LogP) is 4.37. The normalized spacial score (nSPS) is 16.4. The molecule has 2 aromatic rings. The molecule has 0 bridgehead atoms. The molecule has 2 aromatic carbocycles. The van der Waals surface area contributed by atoms with Crippen LogP contribution in [0.5, 0.6) is 5.75 Å². The lowest BCUT2D eigenvalue weighted by Gasteiger charge is -2.32. The molecule has 0 saturated carbocycles. The Morgan fingerprint density at radius 3 is 2.54 bits per heavy atom. The molecular formula is C22H28ClN3O2. The number of hydrogen-bond acceptors (Lipinski definition) is 3. The Morgan fingerprint density at radius 1 is 1.18 bits per heavy atom. The van der Waals surface area contributed by atoms with Crippen LogP contribution in [-0.2, 0) is 6.54 Å². The molecule has 150 valence electrons. The van der Waals surface area contributed by atoms with E-state index in [0.717, 1.165) is 48.8 Å². The minimum Gasteiger partial charge on any atom is -0.496 e. The number of rotatable bonds is 6. The summed E-state index contributed by atoms with van der Waals surface area (Å²) in [5, 5.41) is 6.90. The summed E-state index contributed by atoms with van der Waals surface area (Å²) >= 11 is 5.95. The summed E-state index contributed by atoms with van der Waals surface area (Å²) in [5.41, 5.74) is 2.23. The molecule has 0 radical (unpaired) electrons. The van der Waals surface area contributed by atoms with Gasteiger partial charge in [-0.05, 0) is 43.5 Å². The number of para-hydroxylation sites is 1. The molecule has 0 aliphatic carbocycles. The van der Waals surface area contributed by atoms with Crippen molar-refractivity contribution in [3.8, 4) is 5.75 Å². The number of hydrogen-bond donors (Lipinski definition) is 2. The van der Waals surface area contributed by atoms with E-state index >= 15 is 0 Å². The van der Waals surface area contributed by atoms with Crippen molar-refractivity contribution in [1.29, 1.82) is 0 Å². The van der Waals surface area contributed by atoms with E-state index in [-0.39, 0.29) is 18.1 Å². The van der Waals surface area contributed by atoms with Gasteiger partial charge in [-0.15, -0.1) is 0 Å². The van der Waals surface area contributed by atoms with Crippen LogP contribution in [0.2, 0.25) is 5.02 Å². The highest BCUT2D eigenvalue weighted by Gasteiger charge is 2.22. The third kappa shape index (κ3) is 5.63. The van der Waals surface area contributed by atoms with E-state index in [1.54, 1.807) is 7.11 Å². The lowest BCUT2D eigenvalue weighted by atomic mass is 10.0. The Morgan fingerprint density at radius 2 is 1.86 bits per heavy atom. The van der Waals surface area contributed by atoms with Gasteiger partial charge in [0.1, 0.15) is 5.75 Å². The Bertz CT molecular complexity index is 774. The predicted molar refractivity (Wildman–Crippen MR) is 113 cm³/mol. The fraction of sp³-hybridized carbons (Fsp3) is 0.409. The second kappa shape index (κ2) is 9.80. The highest BCUT2D eigenvalue weighted by atomic mass is 35.5. The maximum absolute atomic E-state index is 12.4. The first-order valence-corrected chi connectivity index (χ1v) is 10.1. The van der Waals surface area contributed by atoms with Gasteiger partial charge in [0.15, 0.2) is 0 Å². The smallest absolute Gasteiger partial charge is 0.315 e. The molecule has 1 heterocycles. The highest BCUT2D eigenvalue weighted by molar-refractivity contribution is 6.30. The number of nitrogens with one attached hydrogen (secondary N) is 2. The molecule has 1 aliphatic rings. The zero-order chi connectivity index (χ0) is 19.9. The SMILES string of the molecule is COc1ccccc1[C@@H](C)NC(=O)NC1CCN(Cc2ccc(Cl)cc2)CC1. The van der Waals surface area contributed by atoms with Gasteiger partial charge in [-0.2, -0.15) is 0 Å². The van der Waals surface area contributed by atoms with E-state index in [0.29, 0.717) is 0 Å². The van der Waals surface area contributed by atoms with Crippen LogP contribution in [0, 0.1) is 0 Å². The molecule has 1 saturated heterocycles. The topological polar surface area (TPSA) is 53.6 Å². The molecule has 3 rings (SSSR count). The summed E-state index contributed by atoms with van der Waals surface area (Å²) in [6, 6.07) is 15.7. The van der Waals surface area contributed by atoms with Gasteiger partial charge in [0.05, 0.1) is 13.2 Å². The molecular weight excluding hydrogens is 374 g/mol. The number of urea groups is 1. The van der Waals surface area contributed by atoms with Crippen molar-refractivity contribution in [3.05, 3.63) is 64.7 Å². The van der Waals surface area contributed by atoms with E-state index in [9.17, 15) is 4.79 Å². The van der Waals surface area contributed by atoms with Crippen LogP contribution >= 0.6 is 11.6 Å². The number of benzene rings is 2. The van der Waals surface area contributed by atoms with Crippen LogP contribution in [0.3, 0.4) is 0 Å². The van der Waals surface area contributed by atoms with Gasteiger partial charge >= 0.3 is 6.03 Å². The third-order valence-electron chi connectivity index (χ3n) is 5.20. The average Bonchev–Trinajstić information content (AvgIpc) is 2.71. The van der Waals surface area contributed by atoms with Crippen LogP contribution in [-0.4, -0.2) is 37.2 Å². The number of likely N-dealkylation sites (tertiary alicyclic amines) is 1. The highest BCUT2D eigenvalue weighted by Crippen LogP contribution is 2.24. The largest absolute Gasteiger partial charge is 0.496 e. The van der Waals surface area contributed by atoms with E-state index < -0.39 is 0 Å². The third-order valence-corrected chi connectivity index (χ3v) is 5.45. The van der Waals surface area contributed by atoms with Crippen molar-refractivity contribution >= 4 is 17.6 Å². The van der Waals surface area contributed by atoms with Crippen molar-refractivity contribution in [2.75, 3.05) is 20.2 Å². The molecule has 1 aliphatic heterocycles. The van der Waals surface area contributed by atoms with E-state index in [2.05, 4.69) is 27.7 Å². The van der Waals surface area contributed by atoms with Gasteiger partial charge in [-0.3, -0.25) is 4.90 Å². The number of nitrogens with zero attached hydrogens (tertiary/aromatic N) is 1. The first kappa shape index (κ1) is 20.5. The molecule has 5 nitrogen and oxygen atoms in total. The van der Waals surface area contributed by atoms with Crippen molar-refractivity contribution in [2.45, 2.75) is 38.4 Å². The molecule has 2 N–H and O–H groups in total. The minimum atomic E-state index is -0.130. The summed E-state index contributed by atoms with van der Waals surface area (Å²) in [6.07, 6.45) is 1.90. The zero-order valence-corrected chi connectivity index (χ0v) is 17.2. The standard InChI is InChI=1S/C22H28ClN3O2/c1-16(20-5-3-4-6-21(20)28-2)24-22(27)25-19-11-13-26(14-12-19)15-17-7-9-18(23)10-8-17/h3-10,16,19H,11-15H2,1-2H3,(H2,24,25,27)/t16-/m1/s1. The molecule has 2 amide bonds. The molecule has 0 spiro atoms. The van der Waals surface area contributed by atoms with Gasteiger partial charge in [0.25, 0.3) is 0 Å². The number of carbonyl (C=O) groups excluding carboxylic acids is 1. The Balaban J connectivity index is 1.44. The van der Waals surface area contributed by atoms with Gasteiger partial charge in [0.2, 0.25) is 0 Å². The van der Waals surface area contributed by atoms with Crippen LogP contribution in [0.4, 0.5) is 4.79 Å². The Hall–Kier alpha value is -2.24. The van der Waals surface area contributed by atoms with Crippen LogP contribution < -0.4 is 15.4 Å². The van der Waals surface area contributed by atoms with Crippen molar-refractivity contribution in [3.63, 3.8) is 0 Å². The number of piperidine rings is 1. The fourth-order valence-corrected chi connectivity index (χ4v) is 3.74. The lowest BCUT2D eigenvalue weighted by Crippen LogP contribution is -2.48. The van der Waals surface area contributed by atoms with Gasteiger partial charge < -0.3 is 15.4 Å². The Kier molecular flexibility index (Phi) is 7.18. The average molecular weight is 402 g/mol. The van der Waals surface area contributed by atoms with Crippen molar-refractivity contribution < 1.29 is 9.53 Å². The summed E-state index contributed by atoms with van der Waals surface area (Å²) in [7, 11) is 1.64. The molecule has 28 heavy (non-hydrogen) atoms. The lowest BCUT2D eigenvalue weighted by molar-refractivity contribution is 0.186. The Labute approximate surface area is 172 Å². The van der Waals surface area contributed by atoms with Gasteiger partial charge in [0, 0.05) is 36.3 Å². The van der Waals surface area contributed by atoms with Crippen LogP contribution in [0.15, 0.2) is 48.5 Å². The van der Waals surface area contributed by atoms with E-state index in [1.165, 1.54) is 5.56 Å². The molecule has 1 fully saturated rings. The maximum atomic E-state index is 12.4. The number of amides is 2. The molecule has 6 heteroatoms. The second-order valence-corrected chi connectivity index (χ2v) is 7.69. The zero-order valence-electron chi connectivity index (χ0n) is 16.5. The maximum Gasteiger partial charge on any atom is 0.315 e. The van der Waals surface area contributed by atoms with E-state index in [4.69, 9.17) is 16.3 Å². The minimum absolute atomic E-state index is 0.124. The summed E-state index contributed by atoms with van der Waals surface area (Å²) < 4.78 is 5.38. The van der Waals surface area contributed by atoms with Gasteiger partial charge in [-0.1, -0.05) is 41.9 Å². The van der Waals surface area contributed by atoms with E-state index in [1.807, 2.05) is 43.3 Å². The number of halogens is 1. The first-order chi connectivity index (χ1) is 13.5. The van der Waals surface area contributed by atoms with Crippen molar-refractivity contribution in [2.24, 2.45) is 0 Å². The number of ether oxygens (including phenoxy) is 1. The van der Waals surface area contributed by atoms with Crippen LogP contribution in [0.25, 0.3) is 0 Å².